The average molecular weight is 1110 g/mol. The number of nitrogens with two attached hydrogens (primary N) is 7. The lowest BCUT2D eigenvalue weighted by Gasteiger charge is -2.39. The summed E-state index contributed by atoms with van der Waals surface area (Å²) in [5, 5.41) is 26.2. The number of nitrogens with zero attached hydrogens (tertiary/aromatic N) is 4. The second kappa shape index (κ2) is 30.7. The molecule has 0 radical (unpaired) electrons. The number of aromatic nitrogens is 1. The fraction of sp³-hybridized carbons (Fsp3) is 0.479. The highest BCUT2D eigenvalue weighted by molar-refractivity contribution is 7.80. The van der Waals surface area contributed by atoms with Crippen LogP contribution in [0.3, 0.4) is 0 Å². The number of rotatable bonds is 30. The summed E-state index contributed by atoms with van der Waals surface area (Å²) in [6, 6.07) is 4.10. The number of guanidine groups is 3. The summed E-state index contributed by atoms with van der Waals surface area (Å²) >= 11 is 8.29. The number of carbonyl (C=O) groups excluding carboxylic acids is 7. The lowest BCUT2D eigenvalue weighted by atomic mass is 9.92. The third-order valence-electron chi connectivity index (χ3n) is 12.4. The Morgan fingerprint density at radius 2 is 1.14 bits per heavy atom. The van der Waals surface area contributed by atoms with Crippen LogP contribution in [0.5, 0.6) is 0 Å². The number of hydrogen-bond donors (Lipinski definition) is 17. The molecular weight excluding hydrogens is 1040 g/mol. The Kier molecular flexibility index (Phi) is 24.6. The highest BCUT2D eigenvalue weighted by atomic mass is 32.1. The first-order valence-electron chi connectivity index (χ1n) is 24.7. The molecule has 0 fully saturated rings. The van der Waals surface area contributed by atoms with Crippen molar-refractivity contribution >= 4 is 101 Å². The van der Waals surface area contributed by atoms with Gasteiger partial charge in [-0.2, -0.15) is 25.3 Å². The van der Waals surface area contributed by atoms with Gasteiger partial charge >= 0.3 is 5.97 Å². The molecule has 22 N–H and O–H groups in total. The van der Waals surface area contributed by atoms with Crippen molar-refractivity contribution in [2.75, 3.05) is 31.1 Å². The number of aromatic amines is 1. The maximum absolute atomic E-state index is 15.0. The van der Waals surface area contributed by atoms with Crippen molar-refractivity contribution in [3.8, 4) is 0 Å². The van der Waals surface area contributed by atoms with Gasteiger partial charge in [0.2, 0.25) is 41.4 Å². The SMILES string of the molecule is C[C@@H](NC(=O)[C@H](CS)NC(=O)[C@@H](N)CCCN=C(N)N)C(=O)N[C@@H](CCCN=C(N)N)C(=O)N1Cc2ccccc2C[C@@H]1C(=O)N[C@@H](CCCN=C(N)N)C(=O)N[C@H](Cc1c[nH]c2ccccc12)C(=O)N[C@@H](CS)C(=O)O. The number of carboxylic acid groups (broad SMARTS) is 1. The fourth-order valence-electron chi connectivity index (χ4n) is 8.25. The van der Waals surface area contributed by atoms with Gasteiger partial charge in [-0.25, -0.2) is 4.79 Å². The van der Waals surface area contributed by atoms with Crippen LogP contribution in [0, 0.1) is 0 Å². The minimum atomic E-state index is -1.40. The predicted octanol–water partition coefficient (Wildman–Crippen LogP) is -3.98. The fourth-order valence-corrected chi connectivity index (χ4v) is 8.75. The van der Waals surface area contributed by atoms with Crippen LogP contribution in [-0.2, 0) is 57.7 Å². The summed E-state index contributed by atoms with van der Waals surface area (Å²) in [5.41, 5.74) is 41.8. The number of aliphatic carboxylic acids is 1. The van der Waals surface area contributed by atoms with Crippen molar-refractivity contribution in [2.45, 2.75) is 113 Å². The molecule has 7 amide bonds. The zero-order valence-corrected chi connectivity index (χ0v) is 44.4. The van der Waals surface area contributed by atoms with Crippen LogP contribution in [0.2, 0.25) is 0 Å². The zero-order chi connectivity index (χ0) is 56.8. The van der Waals surface area contributed by atoms with E-state index in [0.717, 1.165) is 16.5 Å². The topological polar surface area (TPSA) is 467 Å². The van der Waals surface area contributed by atoms with Gasteiger partial charge in [0.05, 0.1) is 6.04 Å². The molecule has 1 aliphatic rings. The summed E-state index contributed by atoms with van der Waals surface area (Å²) in [7, 11) is 0. The van der Waals surface area contributed by atoms with Crippen LogP contribution in [0.15, 0.2) is 69.7 Å². The summed E-state index contributed by atoms with van der Waals surface area (Å²) in [6.07, 6.45) is 2.33. The maximum Gasteiger partial charge on any atom is 0.327 e. The van der Waals surface area contributed by atoms with Gasteiger partial charge in [-0.1, -0.05) is 42.5 Å². The number of para-hydroxylation sites is 1. The molecule has 1 aromatic heterocycles. The number of carbonyl (C=O) groups is 8. The van der Waals surface area contributed by atoms with Gasteiger partial charge in [-0.3, -0.25) is 48.5 Å². The van der Waals surface area contributed by atoms with E-state index in [1.165, 1.54) is 11.8 Å². The Bertz CT molecular complexity index is 2640. The van der Waals surface area contributed by atoms with Gasteiger partial charge in [0, 0.05) is 67.6 Å². The van der Waals surface area contributed by atoms with Crippen LogP contribution in [0.1, 0.15) is 62.1 Å². The maximum atomic E-state index is 15.0. The normalized spacial score (nSPS) is 15.5. The summed E-state index contributed by atoms with van der Waals surface area (Å²) in [4.78, 5) is 127. The molecule has 0 spiro atoms. The van der Waals surface area contributed by atoms with Gasteiger partial charge in [-0.15, -0.1) is 0 Å². The van der Waals surface area contributed by atoms with Crippen molar-refractivity contribution < 1.29 is 43.5 Å². The van der Waals surface area contributed by atoms with Gasteiger partial charge in [0.1, 0.15) is 42.3 Å². The smallest absolute Gasteiger partial charge is 0.327 e. The highest BCUT2D eigenvalue weighted by Crippen LogP contribution is 2.26. The number of fused-ring (bicyclic) bond motifs is 2. The molecule has 0 saturated heterocycles. The number of thiol groups is 2. The molecule has 29 heteroatoms. The number of nitrogens with one attached hydrogen (secondary N) is 7. The van der Waals surface area contributed by atoms with Gasteiger partial charge < -0.3 is 87.0 Å². The first-order valence-corrected chi connectivity index (χ1v) is 26.0. The molecule has 1 aliphatic heterocycles. The Labute approximate surface area is 455 Å². The summed E-state index contributed by atoms with van der Waals surface area (Å²) < 4.78 is 0. The van der Waals surface area contributed by atoms with E-state index in [9.17, 15) is 43.5 Å². The predicted molar refractivity (Wildman–Crippen MR) is 297 cm³/mol. The van der Waals surface area contributed by atoms with E-state index >= 15 is 0 Å². The molecule has 2 heterocycles. The van der Waals surface area contributed by atoms with Crippen LogP contribution in [-0.4, -0.2) is 160 Å². The molecule has 0 aliphatic carbocycles. The van der Waals surface area contributed by atoms with E-state index in [1.807, 2.05) is 18.2 Å². The number of benzene rings is 2. The standard InChI is InChI=1S/C48H72N18O9S2/c1-25(60-42(71)35(23-76)64-39(68)30(49)12-6-16-56-46(50)51)38(67)62-33(15-8-18-58-48(54)55)44(73)66-22-27-10-3-2-9-26(27)20-37(66)43(72)61-32(14-7-17-57-47(52)53)40(69)63-34(41(70)65-36(24-77)45(74)75)19-28-21-59-31-13-5-4-11-29(28)31/h2-5,9-11,13,21,25,30,32-37,59,76-77H,6-8,12,14-20,22-24,49H2,1H3,(H,60,71)(H,61,72)(H,62,67)(H,63,69)(H,64,68)(H,65,70)(H,74,75)(H4,50,51,56)(H4,52,53,57)(H4,54,55,58)/t25-,30+,32+,33+,34-,35+,36+,37-/m1/s1. The van der Waals surface area contributed by atoms with Crippen LogP contribution < -0.4 is 72.0 Å². The quantitative estimate of drug-likeness (QED) is 0.0131. The second-order valence-corrected chi connectivity index (χ2v) is 18.9. The number of aliphatic imine (C=N–C) groups is 3. The van der Waals surface area contributed by atoms with E-state index in [2.05, 4.69) is 77.1 Å². The summed E-state index contributed by atoms with van der Waals surface area (Å²) in [5.74, 6) is -7.66. The van der Waals surface area contributed by atoms with Crippen LogP contribution in [0.25, 0.3) is 10.9 Å². The molecule has 0 bridgehead atoms. The third-order valence-corrected chi connectivity index (χ3v) is 13.1. The van der Waals surface area contributed by atoms with Crippen LogP contribution >= 0.6 is 25.3 Å². The number of amides is 7. The molecule has 420 valence electrons. The summed E-state index contributed by atoms with van der Waals surface area (Å²) in [6.45, 7) is 1.60. The monoisotopic (exact) mass is 1110 g/mol. The molecule has 27 nitrogen and oxygen atoms in total. The molecule has 0 unspecified atom stereocenters. The van der Waals surface area contributed by atoms with E-state index in [0.29, 0.717) is 17.5 Å². The van der Waals surface area contributed by atoms with Crippen molar-refractivity contribution in [3.05, 3.63) is 71.4 Å². The lowest BCUT2D eigenvalue weighted by Crippen LogP contribution is -2.62. The lowest BCUT2D eigenvalue weighted by molar-refractivity contribution is -0.145. The molecular formula is C48H72N18O9S2. The Morgan fingerprint density at radius 1 is 0.636 bits per heavy atom. The molecule has 4 rings (SSSR count). The van der Waals surface area contributed by atoms with Crippen LogP contribution in [0.4, 0.5) is 0 Å². The van der Waals surface area contributed by atoms with Gasteiger partial charge in [0.25, 0.3) is 0 Å². The minimum absolute atomic E-state index is 0.0279. The molecule has 0 saturated carbocycles. The van der Waals surface area contributed by atoms with Gasteiger partial charge in [0.15, 0.2) is 17.9 Å². The van der Waals surface area contributed by atoms with E-state index in [4.69, 9.17) is 40.1 Å². The van der Waals surface area contributed by atoms with Crippen molar-refractivity contribution in [1.29, 1.82) is 0 Å². The highest BCUT2D eigenvalue weighted by Gasteiger charge is 2.40. The number of hydrogen-bond acceptors (Lipinski definition) is 14. The third kappa shape index (κ3) is 19.4. The number of H-pyrrole nitrogens is 1. The molecule has 77 heavy (non-hydrogen) atoms. The van der Waals surface area contributed by atoms with E-state index < -0.39 is 95.7 Å². The first-order chi connectivity index (χ1) is 36.6. The van der Waals surface area contributed by atoms with Crippen molar-refractivity contribution in [3.63, 3.8) is 0 Å². The van der Waals surface area contributed by atoms with E-state index in [1.54, 1.807) is 36.5 Å². The molecule has 3 aromatic rings. The van der Waals surface area contributed by atoms with Crippen molar-refractivity contribution in [1.82, 2.24) is 41.8 Å². The second-order valence-electron chi connectivity index (χ2n) is 18.2. The first kappa shape index (κ1) is 61.8. The molecule has 2 aromatic carbocycles. The largest absolute Gasteiger partial charge is 0.480 e. The zero-order valence-electron chi connectivity index (χ0n) is 42.7. The Morgan fingerprint density at radius 3 is 1.74 bits per heavy atom. The Hall–Kier alpha value is -7.79. The minimum Gasteiger partial charge on any atom is -0.480 e. The average Bonchev–Trinajstić information content (AvgIpc) is 3.82. The molecule has 8 atom stereocenters. The van der Waals surface area contributed by atoms with Gasteiger partial charge in [-0.05, 0) is 68.2 Å². The number of carboxylic acids is 1. The van der Waals surface area contributed by atoms with E-state index in [-0.39, 0.29) is 101 Å². The Balaban J connectivity index is 1.62. The van der Waals surface area contributed by atoms with Crippen molar-refractivity contribution in [2.24, 2.45) is 55.1 Å².